The minimum atomic E-state index is -0.694. The first kappa shape index (κ1) is 15.0. The number of ether oxygens (including phenoxy) is 1. The largest absolute Gasteiger partial charge is 0.496 e. The van der Waals surface area contributed by atoms with Crippen molar-refractivity contribution in [2.24, 2.45) is 0 Å². The Bertz CT molecular complexity index is 741. The van der Waals surface area contributed by atoms with Crippen molar-refractivity contribution >= 4 is 27.5 Å². The second-order valence-corrected chi connectivity index (χ2v) is 4.99. The minimum absolute atomic E-state index is 0.126. The topological polar surface area (TPSA) is 62.1 Å². The molecule has 2 rings (SSSR count). The summed E-state index contributed by atoms with van der Waals surface area (Å²) in [5.41, 5.74) is 0.368. The summed E-state index contributed by atoms with van der Waals surface area (Å²) in [6.07, 6.45) is 0. The van der Waals surface area contributed by atoms with Crippen LogP contribution in [0.5, 0.6) is 5.75 Å². The summed E-state index contributed by atoms with van der Waals surface area (Å²) < 4.78 is 19.5. The number of nitrogens with one attached hydrogen (secondary N) is 1. The van der Waals surface area contributed by atoms with Gasteiger partial charge in [0.05, 0.1) is 18.4 Å². The number of methoxy groups -OCH3 is 1. The van der Waals surface area contributed by atoms with Gasteiger partial charge in [-0.1, -0.05) is 22.0 Å². The van der Waals surface area contributed by atoms with Gasteiger partial charge in [0.25, 0.3) is 5.91 Å². The summed E-state index contributed by atoms with van der Waals surface area (Å²) >= 11 is 3.25. The SMILES string of the molecule is COc1cccc(F)c1C(=O)Nc1cc(Br)ccc1C#N. The highest BCUT2D eigenvalue weighted by atomic mass is 79.9. The normalized spacial score (nSPS) is 9.81. The molecule has 4 nitrogen and oxygen atoms in total. The van der Waals surface area contributed by atoms with Crippen molar-refractivity contribution in [2.75, 3.05) is 12.4 Å². The van der Waals surface area contributed by atoms with E-state index in [1.54, 1.807) is 18.2 Å². The zero-order valence-corrected chi connectivity index (χ0v) is 12.6. The minimum Gasteiger partial charge on any atom is -0.496 e. The van der Waals surface area contributed by atoms with E-state index in [4.69, 9.17) is 10.00 Å². The molecule has 2 aromatic rings. The lowest BCUT2D eigenvalue weighted by molar-refractivity contribution is 0.102. The van der Waals surface area contributed by atoms with E-state index >= 15 is 0 Å². The van der Waals surface area contributed by atoms with E-state index < -0.39 is 11.7 Å². The van der Waals surface area contributed by atoms with Crippen molar-refractivity contribution in [1.82, 2.24) is 0 Å². The summed E-state index contributed by atoms with van der Waals surface area (Å²) in [7, 11) is 1.35. The monoisotopic (exact) mass is 348 g/mol. The van der Waals surface area contributed by atoms with Crippen LogP contribution in [0.1, 0.15) is 15.9 Å². The van der Waals surface area contributed by atoms with Crippen LogP contribution in [0.3, 0.4) is 0 Å². The molecule has 0 spiro atoms. The number of carbonyl (C=O) groups is 1. The molecule has 0 aliphatic rings. The first-order chi connectivity index (χ1) is 10.1. The lowest BCUT2D eigenvalue weighted by Gasteiger charge is -2.11. The molecule has 0 unspecified atom stereocenters. The number of hydrogen-bond donors (Lipinski definition) is 1. The Kier molecular flexibility index (Phi) is 4.55. The summed E-state index contributed by atoms with van der Waals surface area (Å²) in [6, 6.07) is 10.9. The van der Waals surface area contributed by atoms with E-state index in [1.165, 1.54) is 25.3 Å². The van der Waals surface area contributed by atoms with Gasteiger partial charge in [-0.15, -0.1) is 0 Å². The third-order valence-corrected chi connectivity index (χ3v) is 3.27. The Morgan fingerprint density at radius 1 is 1.38 bits per heavy atom. The maximum atomic E-state index is 13.8. The lowest BCUT2D eigenvalue weighted by atomic mass is 10.1. The van der Waals surface area contributed by atoms with Gasteiger partial charge < -0.3 is 10.1 Å². The highest BCUT2D eigenvalue weighted by Gasteiger charge is 2.18. The lowest BCUT2D eigenvalue weighted by Crippen LogP contribution is -2.16. The van der Waals surface area contributed by atoms with Crippen LogP contribution in [0.25, 0.3) is 0 Å². The molecule has 0 aliphatic heterocycles. The van der Waals surface area contributed by atoms with Gasteiger partial charge in [0.2, 0.25) is 0 Å². The first-order valence-corrected chi connectivity index (χ1v) is 6.69. The highest BCUT2D eigenvalue weighted by molar-refractivity contribution is 9.10. The van der Waals surface area contributed by atoms with Crippen LogP contribution < -0.4 is 10.1 Å². The predicted octanol–water partition coefficient (Wildman–Crippen LogP) is 3.72. The van der Waals surface area contributed by atoms with Gasteiger partial charge in [-0.3, -0.25) is 4.79 Å². The van der Waals surface area contributed by atoms with E-state index in [2.05, 4.69) is 21.2 Å². The molecule has 1 amide bonds. The number of nitrogens with zero attached hydrogens (tertiary/aromatic N) is 1. The molecular formula is C15H10BrFN2O2. The van der Waals surface area contributed by atoms with Gasteiger partial charge in [0.15, 0.2) is 0 Å². The number of carbonyl (C=O) groups excluding carboxylic acids is 1. The molecule has 106 valence electrons. The van der Waals surface area contributed by atoms with Crippen molar-refractivity contribution < 1.29 is 13.9 Å². The first-order valence-electron chi connectivity index (χ1n) is 5.90. The van der Waals surface area contributed by atoms with Crippen molar-refractivity contribution in [1.29, 1.82) is 5.26 Å². The summed E-state index contributed by atoms with van der Waals surface area (Å²) in [5, 5.41) is 11.6. The Balaban J connectivity index is 2.40. The number of hydrogen-bond acceptors (Lipinski definition) is 3. The fourth-order valence-corrected chi connectivity index (χ4v) is 2.16. The van der Waals surface area contributed by atoms with Crippen molar-refractivity contribution in [3.8, 4) is 11.8 Å². The van der Waals surface area contributed by atoms with Crippen molar-refractivity contribution in [3.63, 3.8) is 0 Å². The van der Waals surface area contributed by atoms with Crippen LogP contribution in [-0.4, -0.2) is 13.0 Å². The molecule has 0 aromatic heterocycles. The van der Waals surface area contributed by atoms with E-state index in [1.807, 2.05) is 6.07 Å². The standard InChI is InChI=1S/C15H10BrFN2O2/c1-21-13-4-2-3-11(17)14(13)15(20)19-12-7-10(16)6-5-9(12)8-18/h2-7H,1H3,(H,19,20). The van der Waals surface area contributed by atoms with E-state index in [0.717, 1.165) is 0 Å². The van der Waals surface area contributed by atoms with Crippen LogP contribution in [0.15, 0.2) is 40.9 Å². The molecule has 0 bridgehead atoms. The second kappa shape index (κ2) is 6.37. The number of rotatable bonds is 3. The quantitative estimate of drug-likeness (QED) is 0.919. The molecule has 0 radical (unpaired) electrons. The molecule has 2 aromatic carbocycles. The molecular weight excluding hydrogens is 339 g/mol. The summed E-state index contributed by atoms with van der Waals surface area (Å²) in [4.78, 5) is 12.2. The Morgan fingerprint density at radius 2 is 2.14 bits per heavy atom. The smallest absolute Gasteiger partial charge is 0.262 e. The van der Waals surface area contributed by atoms with Crippen molar-refractivity contribution in [2.45, 2.75) is 0 Å². The third-order valence-electron chi connectivity index (χ3n) is 2.77. The maximum Gasteiger partial charge on any atom is 0.262 e. The molecule has 0 fully saturated rings. The number of anilines is 1. The van der Waals surface area contributed by atoms with Gasteiger partial charge in [-0.25, -0.2) is 4.39 Å². The van der Waals surface area contributed by atoms with Gasteiger partial charge >= 0.3 is 0 Å². The molecule has 21 heavy (non-hydrogen) atoms. The Labute approximate surface area is 129 Å². The van der Waals surface area contributed by atoms with E-state index in [0.29, 0.717) is 10.2 Å². The molecule has 0 saturated carbocycles. The molecule has 0 aliphatic carbocycles. The Morgan fingerprint density at radius 3 is 2.81 bits per heavy atom. The molecule has 0 atom stereocenters. The zero-order valence-electron chi connectivity index (χ0n) is 11.0. The maximum absolute atomic E-state index is 13.8. The molecule has 1 N–H and O–H groups in total. The van der Waals surface area contributed by atoms with Gasteiger partial charge in [-0.05, 0) is 30.3 Å². The van der Waals surface area contributed by atoms with Crippen LogP contribution >= 0.6 is 15.9 Å². The van der Waals surface area contributed by atoms with E-state index in [-0.39, 0.29) is 16.9 Å². The number of halogens is 2. The third kappa shape index (κ3) is 3.20. The molecule has 0 heterocycles. The van der Waals surface area contributed by atoms with Crippen LogP contribution in [-0.2, 0) is 0 Å². The van der Waals surface area contributed by atoms with Crippen LogP contribution in [0.4, 0.5) is 10.1 Å². The van der Waals surface area contributed by atoms with Crippen LogP contribution in [0.2, 0.25) is 0 Å². The van der Waals surface area contributed by atoms with E-state index in [9.17, 15) is 9.18 Å². The number of nitriles is 1. The number of benzene rings is 2. The summed E-state index contributed by atoms with van der Waals surface area (Å²) in [5.74, 6) is -1.25. The fourth-order valence-electron chi connectivity index (χ4n) is 1.80. The van der Waals surface area contributed by atoms with Crippen molar-refractivity contribution in [3.05, 3.63) is 57.8 Å². The van der Waals surface area contributed by atoms with Crippen LogP contribution in [0, 0.1) is 17.1 Å². The zero-order chi connectivity index (χ0) is 15.4. The molecule has 6 heteroatoms. The summed E-state index contributed by atoms with van der Waals surface area (Å²) in [6.45, 7) is 0. The Hall–Kier alpha value is -2.39. The molecule has 0 saturated heterocycles. The predicted molar refractivity (Wildman–Crippen MR) is 79.8 cm³/mol. The highest BCUT2D eigenvalue weighted by Crippen LogP contribution is 2.25. The van der Waals surface area contributed by atoms with Gasteiger partial charge in [0, 0.05) is 4.47 Å². The number of amides is 1. The van der Waals surface area contributed by atoms with Gasteiger partial charge in [-0.2, -0.15) is 5.26 Å². The average Bonchev–Trinajstić information content (AvgIpc) is 2.47. The second-order valence-electron chi connectivity index (χ2n) is 4.07. The van der Waals surface area contributed by atoms with Gasteiger partial charge in [0.1, 0.15) is 23.2 Å². The fraction of sp³-hybridized carbons (Fsp3) is 0.0667. The average molecular weight is 349 g/mol.